The number of piperidine rings is 1. The number of nitriles is 1. The summed E-state index contributed by atoms with van der Waals surface area (Å²) in [5, 5.41) is 13.6. The largest absolute Gasteiger partial charge is 0.367 e. The maximum absolute atomic E-state index is 13.7. The summed E-state index contributed by atoms with van der Waals surface area (Å²) in [5.74, 6) is 0.803. The molecule has 1 saturated heterocycles. The first-order valence-corrected chi connectivity index (χ1v) is 9.52. The van der Waals surface area contributed by atoms with Gasteiger partial charge in [0.2, 0.25) is 0 Å². The minimum atomic E-state index is -0.652. The minimum Gasteiger partial charge on any atom is -0.367 e. The Labute approximate surface area is 153 Å². The van der Waals surface area contributed by atoms with Gasteiger partial charge in [0, 0.05) is 24.0 Å². The fraction of sp³-hybridized carbons (Fsp3) is 0.550. The Kier molecular flexibility index (Phi) is 4.98. The number of rotatable bonds is 3. The Morgan fingerprint density at radius 3 is 2.77 bits per heavy atom. The number of hydrogen-bond acceptors (Lipinski definition) is 5. The van der Waals surface area contributed by atoms with Crippen molar-refractivity contribution in [2.75, 3.05) is 18.4 Å². The molecule has 136 valence electrons. The number of aromatic nitrogens is 2. The monoisotopic (exact) mass is 353 g/mol. The first kappa shape index (κ1) is 17.2. The summed E-state index contributed by atoms with van der Waals surface area (Å²) in [6.07, 6.45) is 6.92. The van der Waals surface area contributed by atoms with Gasteiger partial charge in [0.05, 0.1) is 17.1 Å². The standard InChI is InChI=1S/C20H24FN5/c21-15-2-1-9-26(12-15)17-6-4-16(5-7-17)25-20-18-10-14(11-22)3-8-19(18)23-13-24-20/h3,8,10,13,15-17H,1-2,4-7,9,12H2,(H,23,24,25). The molecule has 6 heteroatoms. The fourth-order valence-corrected chi connectivity index (χ4v) is 4.30. The molecule has 1 aliphatic heterocycles. The third-order valence-corrected chi connectivity index (χ3v) is 5.71. The topological polar surface area (TPSA) is 64.8 Å². The third-order valence-electron chi connectivity index (χ3n) is 5.71. The van der Waals surface area contributed by atoms with Crippen LogP contribution in [0.2, 0.25) is 0 Å². The Morgan fingerprint density at radius 1 is 1.15 bits per heavy atom. The lowest BCUT2D eigenvalue weighted by atomic mass is 9.89. The average Bonchev–Trinajstić information content (AvgIpc) is 2.68. The van der Waals surface area contributed by atoms with Gasteiger partial charge in [0.1, 0.15) is 18.3 Å². The van der Waals surface area contributed by atoms with E-state index in [0.29, 0.717) is 24.2 Å². The summed E-state index contributed by atoms with van der Waals surface area (Å²) in [7, 11) is 0. The van der Waals surface area contributed by atoms with Gasteiger partial charge in [-0.15, -0.1) is 0 Å². The first-order chi connectivity index (χ1) is 12.7. The van der Waals surface area contributed by atoms with Crippen LogP contribution in [0.5, 0.6) is 0 Å². The lowest BCUT2D eigenvalue weighted by Crippen LogP contribution is -2.46. The van der Waals surface area contributed by atoms with Crippen LogP contribution in [0.25, 0.3) is 10.9 Å². The molecule has 1 unspecified atom stereocenters. The average molecular weight is 353 g/mol. The number of likely N-dealkylation sites (tertiary alicyclic amines) is 1. The molecule has 0 amide bonds. The smallest absolute Gasteiger partial charge is 0.137 e. The van der Waals surface area contributed by atoms with Crippen molar-refractivity contribution in [3.63, 3.8) is 0 Å². The molecule has 2 aromatic rings. The summed E-state index contributed by atoms with van der Waals surface area (Å²) < 4.78 is 13.7. The molecule has 26 heavy (non-hydrogen) atoms. The van der Waals surface area contributed by atoms with Crippen LogP contribution in [-0.4, -0.2) is 46.2 Å². The summed E-state index contributed by atoms with van der Waals surface area (Å²) in [4.78, 5) is 11.0. The van der Waals surface area contributed by atoms with Crippen LogP contribution in [-0.2, 0) is 0 Å². The zero-order chi connectivity index (χ0) is 17.9. The van der Waals surface area contributed by atoms with E-state index in [1.165, 1.54) is 0 Å². The summed E-state index contributed by atoms with van der Waals surface area (Å²) in [6, 6.07) is 8.54. The molecule has 2 aliphatic rings. The lowest BCUT2D eigenvalue weighted by Gasteiger charge is -2.40. The molecule has 1 atom stereocenters. The second-order valence-electron chi connectivity index (χ2n) is 7.45. The number of anilines is 1. The zero-order valence-electron chi connectivity index (χ0n) is 14.9. The van der Waals surface area contributed by atoms with Gasteiger partial charge in [-0.1, -0.05) is 0 Å². The van der Waals surface area contributed by atoms with Gasteiger partial charge >= 0.3 is 0 Å². The SMILES string of the molecule is N#Cc1ccc2ncnc(NC3CCC(N4CCCC(F)C4)CC3)c2c1. The van der Waals surface area contributed by atoms with E-state index in [4.69, 9.17) is 5.26 Å². The normalized spacial score (nSPS) is 27.2. The second kappa shape index (κ2) is 7.55. The van der Waals surface area contributed by atoms with Crippen molar-refractivity contribution >= 4 is 16.7 Å². The van der Waals surface area contributed by atoms with Crippen molar-refractivity contribution in [1.29, 1.82) is 5.26 Å². The van der Waals surface area contributed by atoms with Crippen LogP contribution in [0.1, 0.15) is 44.1 Å². The lowest BCUT2D eigenvalue weighted by molar-refractivity contribution is 0.0784. The van der Waals surface area contributed by atoms with Crippen molar-refractivity contribution < 1.29 is 4.39 Å². The predicted molar refractivity (Wildman–Crippen MR) is 99.6 cm³/mol. The number of fused-ring (bicyclic) bond motifs is 1. The molecule has 4 rings (SSSR count). The van der Waals surface area contributed by atoms with Crippen LogP contribution in [0.15, 0.2) is 24.5 Å². The van der Waals surface area contributed by atoms with Crippen molar-refractivity contribution in [3.05, 3.63) is 30.1 Å². The molecule has 0 bridgehead atoms. The molecule has 1 aromatic heterocycles. The van der Waals surface area contributed by atoms with Gasteiger partial charge in [0.15, 0.2) is 0 Å². The Morgan fingerprint density at radius 2 is 2.00 bits per heavy atom. The third kappa shape index (κ3) is 3.63. The van der Waals surface area contributed by atoms with Crippen LogP contribution in [0.3, 0.4) is 0 Å². The van der Waals surface area contributed by atoms with E-state index in [1.807, 2.05) is 12.1 Å². The van der Waals surface area contributed by atoms with Gasteiger partial charge in [0.25, 0.3) is 0 Å². The molecule has 1 aromatic carbocycles. The van der Waals surface area contributed by atoms with E-state index in [-0.39, 0.29) is 0 Å². The van der Waals surface area contributed by atoms with Crippen molar-refractivity contribution in [2.45, 2.75) is 56.8 Å². The molecule has 2 fully saturated rings. The fourth-order valence-electron chi connectivity index (χ4n) is 4.30. The Bertz CT molecular complexity index is 809. The van der Waals surface area contributed by atoms with E-state index in [1.54, 1.807) is 12.4 Å². The number of hydrogen-bond donors (Lipinski definition) is 1. The van der Waals surface area contributed by atoms with Crippen LogP contribution in [0.4, 0.5) is 10.2 Å². The van der Waals surface area contributed by atoms with Crippen molar-refractivity contribution in [2.24, 2.45) is 0 Å². The molecular formula is C20H24FN5. The first-order valence-electron chi connectivity index (χ1n) is 9.52. The molecule has 0 spiro atoms. The van der Waals surface area contributed by atoms with E-state index in [9.17, 15) is 4.39 Å². The Balaban J connectivity index is 1.42. The van der Waals surface area contributed by atoms with Crippen molar-refractivity contribution in [1.82, 2.24) is 14.9 Å². The zero-order valence-corrected chi connectivity index (χ0v) is 14.9. The van der Waals surface area contributed by atoms with E-state index in [0.717, 1.165) is 61.8 Å². The quantitative estimate of drug-likeness (QED) is 0.912. The molecule has 1 N–H and O–H groups in total. The summed E-state index contributed by atoms with van der Waals surface area (Å²) in [6.45, 7) is 1.65. The highest BCUT2D eigenvalue weighted by atomic mass is 19.1. The van der Waals surface area contributed by atoms with Gasteiger partial charge in [-0.2, -0.15) is 5.26 Å². The van der Waals surface area contributed by atoms with Gasteiger partial charge in [-0.05, 0) is 63.3 Å². The molecular weight excluding hydrogens is 329 g/mol. The van der Waals surface area contributed by atoms with Crippen molar-refractivity contribution in [3.8, 4) is 6.07 Å². The summed E-state index contributed by atoms with van der Waals surface area (Å²) in [5.41, 5.74) is 1.46. The molecule has 5 nitrogen and oxygen atoms in total. The maximum atomic E-state index is 13.7. The number of benzene rings is 1. The van der Waals surface area contributed by atoms with Crippen LogP contribution < -0.4 is 5.32 Å². The number of halogens is 1. The molecule has 2 heterocycles. The highest BCUT2D eigenvalue weighted by Gasteiger charge is 2.29. The van der Waals surface area contributed by atoms with Gasteiger partial charge in [-0.3, -0.25) is 4.90 Å². The second-order valence-corrected chi connectivity index (χ2v) is 7.45. The highest BCUT2D eigenvalue weighted by Crippen LogP contribution is 2.29. The van der Waals surface area contributed by atoms with E-state index < -0.39 is 6.17 Å². The van der Waals surface area contributed by atoms with E-state index in [2.05, 4.69) is 26.3 Å². The molecule has 1 aliphatic carbocycles. The van der Waals surface area contributed by atoms with Gasteiger partial charge < -0.3 is 5.32 Å². The number of nitrogens with zero attached hydrogens (tertiary/aromatic N) is 4. The van der Waals surface area contributed by atoms with Crippen LogP contribution >= 0.6 is 0 Å². The maximum Gasteiger partial charge on any atom is 0.137 e. The van der Waals surface area contributed by atoms with Gasteiger partial charge in [-0.25, -0.2) is 14.4 Å². The highest BCUT2D eigenvalue weighted by molar-refractivity contribution is 5.89. The minimum absolute atomic E-state index is 0.362. The van der Waals surface area contributed by atoms with Crippen LogP contribution in [0, 0.1) is 11.3 Å². The predicted octanol–water partition coefficient (Wildman–Crippen LogP) is 3.66. The molecule has 0 radical (unpaired) electrons. The number of alkyl halides is 1. The Hall–Kier alpha value is -2.26. The number of nitrogens with one attached hydrogen (secondary N) is 1. The summed E-state index contributed by atoms with van der Waals surface area (Å²) >= 11 is 0. The van der Waals surface area contributed by atoms with E-state index >= 15 is 0 Å². The molecule has 1 saturated carbocycles.